The zero-order chi connectivity index (χ0) is 23.2. The summed E-state index contributed by atoms with van der Waals surface area (Å²) >= 11 is 1.49. The number of anilines is 1. The van der Waals surface area contributed by atoms with Crippen molar-refractivity contribution in [3.63, 3.8) is 0 Å². The minimum atomic E-state index is -0.0508. The van der Waals surface area contributed by atoms with Crippen molar-refractivity contribution >= 4 is 34.7 Å². The molecule has 1 N–H and O–H groups in total. The average Bonchev–Trinajstić information content (AvgIpc) is 3.32. The maximum atomic E-state index is 12.9. The summed E-state index contributed by atoms with van der Waals surface area (Å²) in [5, 5.41) is 3.69. The summed E-state index contributed by atoms with van der Waals surface area (Å²) in [4.78, 5) is 30.6. The van der Waals surface area contributed by atoms with Gasteiger partial charge in [-0.2, -0.15) is 0 Å². The second kappa shape index (κ2) is 10.7. The monoisotopic (exact) mass is 474 g/mol. The normalized spacial score (nSPS) is 14.4. The van der Waals surface area contributed by atoms with Crippen LogP contribution in [0.4, 0.5) is 5.95 Å². The summed E-state index contributed by atoms with van der Waals surface area (Å²) in [5.41, 5.74) is 3.27. The molecule has 0 aliphatic carbocycles. The molecule has 0 saturated carbocycles. The molecule has 34 heavy (non-hydrogen) atoms. The molecule has 3 heterocycles. The molecule has 1 amide bonds. The Morgan fingerprint density at radius 2 is 1.74 bits per heavy atom. The first kappa shape index (κ1) is 22.4. The third-order valence-electron chi connectivity index (χ3n) is 5.81. The number of fused-ring (bicyclic) bond motifs is 1. The number of benzene rings is 2. The largest absolute Gasteiger partial charge is 0.431 e. The van der Waals surface area contributed by atoms with Gasteiger partial charge in [-0.3, -0.25) is 9.69 Å². The van der Waals surface area contributed by atoms with Crippen LogP contribution in [0.25, 0.3) is 11.1 Å². The van der Waals surface area contributed by atoms with E-state index >= 15 is 0 Å². The quantitative estimate of drug-likeness (QED) is 0.389. The molecule has 2 aromatic carbocycles. The molecule has 0 unspecified atom stereocenters. The second-order valence-electron chi connectivity index (χ2n) is 8.03. The summed E-state index contributed by atoms with van der Waals surface area (Å²) in [7, 11) is 0. The fraction of sp³-hybridized carbons (Fsp3) is 0.280. The number of oxazole rings is 1. The van der Waals surface area contributed by atoms with Crippen LogP contribution in [0.2, 0.25) is 0 Å². The predicted octanol–water partition coefficient (Wildman–Crippen LogP) is 3.46. The number of thioether (sulfide) groups is 1. The Kier molecular flexibility index (Phi) is 7.02. The van der Waals surface area contributed by atoms with Gasteiger partial charge in [-0.25, -0.2) is 15.0 Å². The van der Waals surface area contributed by atoms with Gasteiger partial charge in [-0.1, -0.05) is 42.1 Å². The Morgan fingerprint density at radius 3 is 2.56 bits per heavy atom. The summed E-state index contributed by atoms with van der Waals surface area (Å²) in [6.45, 7) is 5.03. The van der Waals surface area contributed by atoms with Crippen molar-refractivity contribution in [2.45, 2.75) is 11.0 Å². The van der Waals surface area contributed by atoms with E-state index in [0.717, 1.165) is 55.3 Å². The van der Waals surface area contributed by atoms with E-state index in [4.69, 9.17) is 4.42 Å². The zero-order valence-corrected chi connectivity index (χ0v) is 19.6. The standard InChI is InChI=1S/C25H26N6O2S/c32-23(26-12-13-30-14-16-31(17-15-30)24-27-10-5-11-28-24)20-7-2-1-6-19(20)18-34-25-29-21-8-3-4-9-22(21)33-25/h1-11H,12-18H2,(H,26,32). The van der Waals surface area contributed by atoms with Gasteiger partial charge in [-0.05, 0) is 29.8 Å². The summed E-state index contributed by atoms with van der Waals surface area (Å²) in [5.74, 6) is 1.34. The van der Waals surface area contributed by atoms with Gasteiger partial charge in [0, 0.05) is 63.0 Å². The van der Waals surface area contributed by atoms with Crippen molar-refractivity contribution in [3.8, 4) is 0 Å². The number of aromatic nitrogens is 3. The molecule has 2 aromatic heterocycles. The first-order valence-corrected chi connectivity index (χ1v) is 12.3. The number of rotatable bonds is 8. The van der Waals surface area contributed by atoms with E-state index in [1.807, 2.05) is 54.6 Å². The maximum absolute atomic E-state index is 12.9. The van der Waals surface area contributed by atoms with Crippen LogP contribution < -0.4 is 10.2 Å². The number of hydrogen-bond donors (Lipinski definition) is 1. The maximum Gasteiger partial charge on any atom is 0.257 e. The topological polar surface area (TPSA) is 87.4 Å². The number of para-hydroxylation sites is 2. The third-order valence-corrected chi connectivity index (χ3v) is 6.69. The van der Waals surface area contributed by atoms with E-state index in [1.54, 1.807) is 12.4 Å². The van der Waals surface area contributed by atoms with Gasteiger partial charge in [0.1, 0.15) is 5.52 Å². The van der Waals surface area contributed by atoms with Gasteiger partial charge in [-0.15, -0.1) is 0 Å². The second-order valence-corrected chi connectivity index (χ2v) is 8.95. The van der Waals surface area contributed by atoms with E-state index in [9.17, 15) is 4.79 Å². The highest BCUT2D eigenvalue weighted by Crippen LogP contribution is 2.27. The number of carbonyl (C=O) groups excluding carboxylic acids is 1. The minimum Gasteiger partial charge on any atom is -0.431 e. The van der Waals surface area contributed by atoms with Crippen LogP contribution in [0.3, 0.4) is 0 Å². The molecule has 0 spiro atoms. The minimum absolute atomic E-state index is 0.0508. The Hall–Kier alpha value is -3.43. The van der Waals surface area contributed by atoms with Crippen LogP contribution in [0, 0.1) is 0 Å². The van der Waals surface area contributed by atoms with Gasteiger partial charge >= 0.3 is 0 Å². The molecule has 1 saturated heterocycles. The summed E-state index contributed by atoms with van der Waals surface area (Å²) in [6.07, 6.45) is 3.54. The van der Waals surface area contributed by atoms with E-state index in [1.165, 1.54) is 11.8 Å². The molecule has 8 nitrogen and oxygen atoms in total. The zero-order valence-electron chi connectivity index (χ0n) is 18.8. The highest BCUT2D eigenvalue weighted by molar-refractivity contribution is 7.98. The molecule has 1 fully saturated rings. The smallest absolute Gasteiger partial charge is 0.257 e. The van der Waals surface area contributed by atoms with Crippen LogP contribution in [0.1, 0.15) is 15.9 Å². The molecule has 0 radical (unpaired) electrons. The van der Waals surface area contributed by atoms with Gasteiger partial charge in [0.25, 0.3) is 11.1 Å². The van der Waals surface area contributed by atoms with Crippen molar-refractivity contribution < 1.29 is 9.21 Å². The number of amides is 1. The van der Waals surface area contributed by atoms with Crippen LogP contribution in [0.15, 0.2) is 76.6 Å². The van der Waals surface area contributed by atoms with Crippen molar-refractivity contribution in [1.82, 2.24) is 25.2 Å². The lowest BCUT2D eigenvalue weighted by molar-refractivity contribution is 0.0947. The predicted molar refractivity (Wildman–Crippen MR) is 133 cm³/mol. The fourth-order valence-electron chi connectivity index (χ4n) is 3.97. The molecule has 9 heteroatoms. The SMILES string of the molecule is O=C(NCCN1CCN(c2ncccn2)CC1)c1ccccc1CSc1nc2ccccc2o1. The van der Waals surface area contributed by atoms with Crippen molar-refractivity contribution in [2.24, 2.45) is 0 Å². The Bertz CT molecular complexity index is 1210. The van der Waals surface area contributed by atoms with Crippen LogP contribution in [0.5, 0.6) is 0 Å². The number of carbonyl (C=O) groups is 1. The van der Waals surface area contributed by atoms with Crippen molar-refractivity contribution in [2.75, 3.05) is 44.2 Å². The number of nitrogens with one attached hydrogen (secondary N) is 1. The first-order valence-electron chi connectivity index (χ1n) is 11.3. The molecule has 1 aliphatic heterocycles. The summed E-state index contributed by atoms with van der Waals surface area (Å²) < 4.78 is 5.79. The average molecular weight is 475 g/mol. The van der Waals surface area contributed by atoms with Crippen LogP contribution in [-0.2, 0) is 5.75 Å². The molecule has 1 aliphatic rings. The molecule has 4 aromatic rings. The molecule has 0 bridgehead atoms. The van der Waals surface area contributed by atoms with Gasteiger partial charge < -0.3 is 14.6 Å². The molecule has 5 rings (SSSR count). The molecule has 0 atom stereocenters. The number of piperazine rings is 1. The van der Waals surface area contributed by atoms with E-state index in [0.29, 0.717) is 23.1 Å². The lowest BCUT2D eigenvalue weighted by atomic mass is 10.1. The van der Waals surface area contributed by atoms with Gasteiger partial charge in [0.05, 0.1) is 0 Å². The number of hydrogen-bond acceptors (Lipinski definition) is 8. The molecular formula is C25H26N6O2S. The lowest BCUT2D eigenvalue weighted by Gasteiger charge is -2.34. The van der Waals surface area contributed by atoms with Gasteiger partial charge in [0.15, 0.2) is 5.58 Å². The lowest BCUT2D eigenvalue weighted by Crippen LogP contribution is -2.49. The first-order chi connectivity index (χ1) is 16.8. The van der Waals surface area contributed by atoms with Crippen LogP contribution in [-0.4, -0.2) is 65.0 Å². The van der Waals surface area contributed by atoms with Crippen molar-refractivity contribution in [3.05, 3.63) is 78.1 Å². The Morgan fingerprint density at radius 1 is 0.971 bits per heavy atom. The summed E-state index contributed by atoms with van der Waals surface area (Å²) in [6, 6.07) is 17.2. The van der Waals surface area contributed by atoms with E-state index in [2.05, 4.69) is 30.1 Å². The number of nitrogens with zero attached hydrogens (tertiary/aromatic N) is 5. The van der Waals surface area contributed by atoms with Crippen molar-refractivity contribution in [1.29, 1.82) is 0 Å². The Balaban J connectivity index is 1.11. The third kappa shape index (κ3) is 5.37. The molecular weight excluding hydrogens is 448 g/mol. The van der Waals surface area contributed by atoms with Gasteiger partial charge in [0.2, 0.25) is 5.95 Å². The Labute approximate surface area is 202 Å². The highest BCUT2D eigenvalue weighted by Gasteiger charge is 2.19. The highest BCUT2D eigenvalue weighted by atomic mass is 32.2. The van der Waals surface area contributed by atoms with E-state index < -0.39 is 0 Å². The fourth-order valence-corrected chi connectivity index (χ4v) is 4.81. The van der Waals surface area contributed by atoms with E-state index in [-0.39, 0.29) is 5.91 Å². The van der Waals surface area contributed by atoms with Crippen LogP contribution >= 0.6 is 11.8 Å². The molecule has 174 valence electrons.